The van der Waals surface area contributed by atoms with Gasteiger partial charge in [0, 0.05) is 86.1 Å². The van der Waals surface area contributed by atoms with E-state index in [1.165, 1.54) is 18.2 Å². The lowest BCUT2D eigenvalue weighted by atomic mass is 10.0. The first kappa shape index (κ1) is 56.6. The van der Waals surface area contributed by atoms with E-state index >= 15 is 0 Å². The third-order valence-corrected chi connectivity index (χ3v) is 12.1. The number of primary amides is 1. The number of nitrogens with one attached hydrogen (secondary N) is 7. The van der Waals surface area contributed by atoms with E-state index in [9.17, 15) is 43.2 Å². The summed E-state index contributed by atoms with van der Waals surface area (Å²) in [6.45, 7) is 6.35. The average Bonchev–Trinajstić information content (AvgIpc) is 3.88. The number of urea groups is 1. The lowest BCUT2D eigenvalue weighted by Crippen LogP contribution is -2.54. The standard InChI is InChI=1S/C53H66N10O11/c1-34(2)49(60-45(65)14-6-4-5-13-44(64)55-29-31-63-47(67)25-26-48(63)68)51(70)59-43(12-9-28-56-52(54)71)50(69)58-39-22-19-38(20-23-39)33-74-53(72)62(30-27-40-35(3)57-42-11-8-7-10-41(40)42)32-37-17-15-36(16-18-37)21-24-46(66)61-73/h7-8,10-11,15-26,34,43,49,57,73H,4-6,9,12-14,27-33H2,1-3H3,(H,55,64)(H,58,69)(H,59,70)(H,60,65)(H,61,66)(H3,54,56,71)/b24-21+/t43-,49-/m0/s1. The summed E-state index contributed by atoms with van der Waals surface area (Å²) in [6.07, 6.45) is 7.28. The van der Waals surface area contributed by atoms with Gasteiger partial charge >= 0.3 is 12.1 Å². The van der Waals surface area contributed by atoms with Crippen molar-refractivity contribution in [1.29, 1.82) is 0 Å². The maximum atomic E-state index is 13.8. The van der Waals surface area contributed by atoms with Gasteiger partial charge in [0.2, 0.25) is 23.6 Å². The zero-order chi connectivity index (χ0) is 53.6. The van der Waals surface area contributed by atoms with Crippen molar-refractivity contribution in [1.82, 2.24) is 41.5 Å². The summed E-state index contributed by atoms with van der Waals surface area (Å²) in [7, 11) is 0. The molecule has 0 fully saturated rings. The molecular weight excluding hydrogens is 953 g/mol. The average molecular weight is 1020 g/mol. The molecule has 74 heavy (non-hydrogen) atoms. The van der Waals surface area contributed by atoms with E-state index in [0.29, 0.717) is 49.0 Å². The Bertz CT molecular complexity index is 2660. The Kier molecular flexibility index (Phi) is 21.9. The molecule has 2 heterocycles. The Labute approximate surface area is 429 Å². The van der Waals surface area contributed by atoms with Gasteiger partial charge in [-0.2, -0.15) is 0 Å². The summed E-state index contributed by atoms with van der Waals surface area (Å²) in [5.41, 5.74) is 12.4. The van der Waals surface area contributed by atoms with Gasteiger partial charge < -0.3 is 46.9 Å². The monoisotopic (exact) mass is 1020 g/mol. The van der Waals surface area contributed by atoms with Crippen molar-refractivity contribution in [2.45, 2.75) is 97.4 Å². The first-order valence-electron chi connectivity index (χ1n) is 24.5. The third kappa shape index (κ3) is 18.1. The first-order chi connectivity index (χ1) is 35.5. The second-order valence-corrected chi connectivity index (χ2v) is 18.1. The number of carbonyl (C=O) groups is 9. The Morgan fingerprint density at radius 3 is 2.15 bits per heavy atom. The SMILES string of the molecule is Cc1[nH]c2ccccc2c1CCN(Cc1ccc(/C=C/C(=O)NO)cc1)C(=O)OCc1ccc(NC(=O)[C@H](CCCNC(N)=O)NC(=O)[C@@H](NC(=O)CCCCCC(=O)NCCN2C(=O)C=CC2=O)C(C)C)cc1. The molecule has 394 valence electrons. The van der Waals surface area contributed by atoms with E-state index in [2.05, 4.69) is 31.6 Å². The van der Waals surface area contributed by atoms with Crippen molar-refractivity contribution in [2.75, 3.05) is 31.5 Å². The smallest absolute Gasteiger partial charge is 0.410 e. The Morgan fingerprint density at radius 2 is 1.47 bits per heavy atom. The molecule has 0 saturated carbocycles. The number of nitrogens with two attached hydrogens (primary N) is 1. The number of nitrogens with zero attached hydrogens (tertiary/aromatic N) is 2. The molecule has 0 saturated heterocycles. The number of unbranched alkanes of at least 4 members (excludes halogenated alkanes) is 2. The van der Waals surface area contributed by atoms with E-state index < -0.39 is 53.7 Å². The number of H-pyrrole nitrogens is 1. The fraction of sp³-hybridized carbons (Fsp3) is 0.377. The molecule has 5 rings (SSSR count). The molecule has 0 spiro atoms. The number of amides is 10. The van der Waals surface area contributed by atoms with Crippen LogP contribution in [0.25, 0.3) is 17.0 Å². The molecule has 1 aliphatic heterocycles. The van der Waals surface area contributed by atoms with Crippen molar-refractivity contribution in [3.8, 4) is 0 Å². The molecule has 0 radical (unpaired) electrons. The summed E-state index contributed by atoms with van der Waals surface area (Å²) in [5, 5.41) is 23.4. The molecule has 1 aromatic heterocycles. The van der Waals surface area contributed by atoms with Crippen LogP contribution in [0.4, 0.5) is 15.3 Å². The number of hydrogen-bond acceptors (Lipinski definition) is 11. The number of anilines is 1. The van der Waals surface area contributed by atoms with Gasteiger partial charge in [0.25, 0.3) is 17.7 Å². The molecule has 0 unspecified atom stereocenters. The summed E-state index contributed by atoms with van der Waals surface area (Å²) in [4.78, 5) is 119. The van der Waals surface area contributed by atoms with Gasteiger partial charge in [-0.15, -0.1) is 0 Å². The zero-order valence-corrected chi connectivity index (χ0v) is 41.9. The van der Waals surface area contributed by atoms with Crippen molar-refractivity contribution >= 4 is 76.1 Å². The first-order valence-corrected chi connectivity index (χ1v) is 24.5. The predicted molar refractivity (Wildman–Crippen MR) is 275 cm³/mol. The van der Waals surface area contributed by atoms with Gasteiger partial charge in [-0.1, -0.05) is 74.9 Å². The number of fused-ring (bicyclic) bond motifs is 1. The van der Waals surface area contributed by atoms with E-state index in [1.54, 1.807) is 66.7 Å². The van der Waals surface area contributed by atoms with Gasteiger partial charge in [-0.25, -0.2) is 15.1 Å². The van der Waals surface area contributed by atoms with Crippen molar-refractivity contribution in [2.24, 2.45) is 11.7 Å². The number of aromatic amines is 1. The highest BCUT2D eigenvalue weighted by atomic mass is 16.6. The van der Waals surface area contributed by atoms with Crippen LogP contribution in [-0.4, -0.2) is 112 Å². The van der Waals surface area contributed by atoms with Crippen LogP contribution in [0.3, 0.4) is 0 Å². The van der Waals surface area contributed by atoms with Crippen molar-refractivity contribution in [3.63, 3.8) is 0 Å². The number of rotatable bonds is 28. The lowest BCUT2D eigenvalue weighted by molar-refractivity contribution is -0.137. The second-order valence-electron chi connectivity index (χ2n) is 18.1. The number of benzene rings is 3. The van der Waals surface area contributed by atoms with E-state index in [-0.39, 0.29) is 76.2 Å². The quantitative estimate of drug-likeness (QED) is 0.0126. The van der Waals surface area contributed by atoms with Crippen LogP contribution in [0.15, 0.2) is 91.0 Å². The number of imide groups is 1. The van der Waals surface area contributed by atoms with E-state index in [4.69, 9.17) is 15.7 Å². The second kappa shape index (κ2) is 28.6. The predicted octanol–water partition coefficient (Wildman–Crippen LogP) is 4.38. The summed E-state index contributed by atoms with van der Waals surface area (Å²) in [5.74, 6) is -3.62. The van der Waals surface area contributed by atoms with Crippen LogP contribution >= 0.6 is 0 Å². The molecule has 0 bridgehead atoms. The number of ether oxygens (including phenoxy) is 1. The fourth-order valence-electron chi connectivity index (χ4n) is 8.08. The maximum Gasteiger partial charge on any atom is 0.410 e. The largest absolute Gasteiger partial charge is 0.445 e. The van der Waals surface area contributed by atoms with Crippen molar-refractivity contribution in [3.05, 3.63) is 119 Å². The molecule has 21 nitrogen and oxygen atoms in total. The molecule has 10 amide bonds. The number of hydrogen-bond donors (Lipinski definition) is 9. The fourth-order valence-corrected chi connectivity index (χ4v) is 8.08. The highest BCUT2D eigenvalue weighted by molar-refractivity contribution is 6.12. The molecule has 0 aliphatic carbocycles. The highest BCUT2D eigenvalue weighted by Crippen LogP contribution is 2.23. The van der Waals surface area contributed by atoms with Crippen LogP contribution in [-0.2, 0) is 57.9 Å². The van der Waals surface area contributed by atoms with Crippen LogP contribution in [0, 0.1) is 12.8 Å². The molecule has 21 heteroatoms. The minimum atomic E-state index is -1.07. The van der Waals surface area contributed by atoms with Gasteiger partial charge in [-0.3, -0.25) is 43.7 Å². The van der Waals surface area contributed by atoms with Gasteiger partial charge in [-0.05, 0) is 91.5 Å². The summed E-state index contributed by atoms with van der Waals surface area (Å²) >= 11 is 0. The minimum absolute atomic E-state index is 0.0725. The van der Waals surface area contributed by atoms with Crippen LogP contribution in [0.5, 0.6) is 0 Å². The Balaban J connectivity index is 1.14. The third-order valence-electron chi connectivity index (χ3n) is 12.1. The van der Waals surface area contributed by atoms with Gasteiger partial charge in [0.05, 0.1) is 0 Å². The molecule has 2 atom stereocenters. The molecular formula is C53H66N10O11. The zero-order valence-electron chi connectivity index (χ0n) is 41.9. The van der Waals surface area contributed by atoms with E-state index in [0.717, 1.165) is 32.6 Å². The molecule has 3 aromatic carbocycles. The minimum Gasteiger partial charge on any atom is -0.445 e. The van der Waals surface area contributed by atoms with Crippen LogP contribution < -0.4 is 37.8 Å². The summed E-state index contributed by atoms with van der Waals surface area (Å²) < 4.78 is 5.83. The topological polar surface area (TPSA) is 304 Å². The van der Waals surface area contributed by atoms with Crippen LogP contribution in [0.2, 0.25) is 0 Å². The number of aromatic nitrogens is 1. The number of para-hydroxylation sites is 1. The molecule has 4 aromatic rings. The maximum absolute atomic E-state index is 13.8. The van der Waals surface area contributed by atoms with Gasteiger partial charge in [0.15, 0.2) is 0 Å². The van der Waals surface area contributed by atoms with Gasteiger partial charge in [0.1, 0.15) is 18.7 Å². The molecule has 1 aliphatic rings. The number of carbonyl (C=O) groups excluding carboxylic acids is 9. The lowest BCUT2D eigenvalue weighted by Gasteiger charge is -2.25. The number of hydroxylamine groups is 1. The Hall–Kier alpha value is -8.33. The summed E-state index contributed by atoms with van der Waals surface area (Å²) in [6, 6.07) is 19.1. The molecule has 10 N–H and O–H groups in total. The van der Waals surface area contributed by atoms with Crippen LogP contribution in [0.1, 0.15) is 86.7 Å². The number of aryl methyl sites for hydroxylation is 1. The normalized spacial score (nSPS) is 12.9. The van der Waals surface area contributed by atoms with Crippen molar-refractivity contribution < 1.29 is 53.1 Å². The highest BCUT2D eigenvalue weighted by Gasteiger charge is 2.29. The van der Waals surface area contributed by atoms with E-state index in [1.807, 2.05) is 43.3 Å². The Morgan fingerprint density at radius 1 is 0.797 bits per heavy atom.